The van der Waals surface area contributed by atoms with Gasteiger partial charge in [-0.25, -0.2) is 0 Å². The van der Waals surface area contributed by atoms with E-state index >= 15 is 0 Å². The van der Waals surface area contributed by atoms with Gasteiger partial charge < -0.3 is 20.4 Å². The van der Waals surface area contributed by atoms with Crippen LogP contribution >= 0.6 is 0 Å². The van der Waals surface area contributed by atoms with Crippen molar-refractivity contribution in [1.82, 2.24) is 10.2 Å². The minimum atomic E-state index is -0.384. The van der Waals surface area contributed by atoms with Crippen molar-refractivity contribution in [3.05, 3.63) is 23.8 Å². The van der Waals surface area contributed by atoms with Crippen molar-refractivity contribution in [3.63, 3.8) is 0 Å². The molecule has 28 heavy (non-hydrogen) atoms. The van der Waals surface area contributed by atoms with Crippen LogP contribution in [0.3, 0.4) is 0 Å². The average Bonchev–Trinajstić information content (AvgIpc) is 3.14. The van der Waals surface area contributed by atoms with Crippen LogP contribution in [0.25, 0.3) is 0 Å². The number of hydrogen-bond donors (Lipinski definition) is 3. The monoisotopic (exact) mass is 392 g/mol. The lowest BCUT2D eigenvalue weighted by Gasteiger charge is -2.19. The van der Waals surface area contributed by atoms with Gasteiger partial charge >= 0.3 is 0 Å². The lowest BCUT2D eigenvalue weighted by molar-refractivity contribution is 0.139. The second kappa shape index (κ2) is 12.1. The van der Waals surface area contributed by atoms with Crippen LogP contribution < -0.4 is 5.32 Å². The Morgan fingerprint density at radius 1 is 1.32 bits per heavy atom. The molecule has 6 atom stereocenters. The van der Waals surface area contributed by atoms with Gasteiger partial charge in [0.1, 0.15) is 0 Å². The van der Waals surface area contributed by atoms with Crippen molar-refractivity contribution in [2.45, 2.75) is 71.0 Å². The molecule has 0 aromatic heterocycles. The predicted molar refractivity (Wildman–Crippen MR) is 118 cm³/mol. The van der Waals surface area contributed by atoms with Crippen molar-refractivity contribution in [1.29, 1.82) is 0 Å². The fraction of sp³-hybridized carbons (Fsp3) is 0.833. The van der Waals surface area contributed by atoms with Crippen LogP contribution in [0, 0.1) is 23.7 Å². The number of nitrogens with zero attached hydrogens (tertiary/aromatic N) is 1. The smallest absolute Gasteiger partial charge is 0.0723 e. The maximum Gasteiger partial charge on any atom is 0.0723 e. The molecular weight excluding hydrogens is 348 g/mol. The Morgan fingerprint density at radius 2 is 2.11 bits per heavy atom. The first kappa shape index (κ1) is 23.6. The van der Waals surface area contributed by atoms with E-state index in [1.54, 1.807) is 0 Å². The van der Waals surface area contributed by atoms with Crippen molar-refractivity contribution >= 4 is 0 Å². The van der Waals surface area contributed by atoms with Gasteiger partial charge in [0.2, 0.25) is 0 Å². The van der Waals surface area contributed by atoms with Crippen molar-refractivity contribution in [2.75, 3.05) is 33.7 Å². The molecule has 0 amide bonds. The summed E-state index contributed by atoms with van der Waals surface area (Å²) in [6.45, 7) is 7.59. The van der Waals surface area contributed by atoms with Crippen LogP contribution in [0.1, 0.15) is 58.8 Å². The summed E-state index contributed by atoms with van der Waals surface area (Å²) in [5, 5.41) is 24.4. The molecule has 1 fully saturated rings. The third-order valence-corrected chi connectivity index (χ3v) is 6.51. The lowest BCUT2D eigenvalue weighted by atomic mass is 9.88. The normalized spacial score (nSPS) is 29.5. The number of aliphatic hydroxyl groups is 2. The van der Waals surface area contributed by atoms with Gasteiger partial charge in [-0.3, -0.25) is 0 Å². The first-order valence-electron chi connectivity index (χ1n) is 11.5. The largest absolute Gasteiger partial charge is 0.392 e. The highest BCUT2D eigenvalue weighted by molar-refractivity contribution is 5.21. The van der Waals surface area contributed by atoms with Gasteiger partial charge in [0, 0.05) is 12.5 Å². The topological polar surface area (TPSA) is 55.7 Å². The van der Waals surface area contributed by atoms with Crippen molar-refractivity contribution in [2.24, 2.45) is 23.7 Å². The van der Waals surface area contributed by atoms with E-state index in [-0.39, 0.29) is 18.1 Å². The summed E-state index contributed by atoms with van der Waals surface area (Å²) in [5.74, 6) is 1.76. The highest BCUT2D eigenvalue weighted by atomic mass is 16.3. The molecule has 0 unspecified atom stereocenters. The molecule has 0 bridgehead atoms. The van der Waals surface area contributed by atoms with E-state index in [1.165, 1.54) is 31.3 Å². The van der Waals surface area contributed by atoms with E-state index < -0.39 is 0 Å². The SMILES string of the molecule is CCCC[C@H](C)C[C@H](O)C=C[C@@H]1[C@H]2CC(CNCCCN(C)C)=C[C@H]2C[C@H]1O. The fourth-order valence-electron chi connectivity index (χ4n) is 4.92. The van der Waals surface area contributed by atoms with Gasteiger partial charge in [0.25, 0.3) is 0 Å². The summed E-state index contributed by atoms with van der Waals surface area (Å²) in [7, 11) is 4.23. The van der Waals surface area contributed by atoms with Gasteiger partial charge in [-0.1, -0.05) is 56.9 Å². The zero-order valence-electron chi connectivity index (χ0n) is 18.6. The number of rotatable bonds is 13. The Hall–Kier alpha value is -0.680. The van der Waals surface area contributed by atoms with Gasteiger partial charge in [0.05, 0.1) is 12.2 Å². The number of fused-ring (bicyclic) bond motifs is 1. The van der Waals surface area contributed by atoms with Crippen molar-refractivity contribution < 1.29 is 10.2 Å². The lowest BCUT2D eigenvalue weighted by Crippen LogP contribution is -2.23. The van der Waals surface area contributed by atoms with E-state index in [2.05, 4.69) is 50.3 Å². The van der Waals surface area contributed by atoms with Crippen LogP contribution in [0.15, 0.2) is 23.8 Å². The molecule has 0 saturated heterocycles. The summed E-state index contributed by atoms with van der Waals surface area (Å²) < 4.78 is 0. The Bertz CT molecular complexity index is 503. The van der Waals surface area contributed by atoms with E-state index in [9.17, 15) is 10.2 Å². The second-order valence-electron chi connectivity index (χ2n) is 9.51. The molecule has 0 spiro atoms. The zero-order valence-corrected chi connectivity index (χ0v) is 18.6. The Balaban J connectivity index is 1.75. The molecule has 0 aliphatic heterocycles. The first-order valence-corrected chi connectivity index (χ1v) is 11.5. The molecule has 3 N–H and O–H groups in total. The Morgan fingerprint density at radius 3 is 2.82 bits per heavy atom. The minimum absolute atomic E-state index is 0.188. The molecule has 0 heterocycles. The number of hydrogen-bond acceptors (Lipinski definition) is 4. The predicted octanol–water partition coefficient (Wildman–Crippen LogP) is 3.60. The maximum atomic E-state index is 10.5. The quantitative estimate of drug-likeness (QED) is 0.331. The maximum absolute atomic E-state index is 10.5. The standard InChI is InChI=1S/C24H44N2O2/c1-5-6-8-18(2)13-21(27)9-10-22-23-15-19(14-20(23)16-24(22)28)17-25-11-7-12-26(3)4/h9-10,14,18,20-25,27-28H,5-8,11-13,15-17H2,1-4H3/t18-,20-,21+,22+,23-,24+/m0/s1. The first-order chi connectivity index (χ1) is 13.4. The third-order valence-electron chi connectivity index (χ3n) is 6.51. The fourth-order valence-corrected chi connectivity index (χ4v) is 4.92. The molecule has 0 aromatic carbocycles. The molecule has 0 aromatic rings. The Labute approximate surface area is 173 Å². The highest BCUT2D eigenvalue weighted by Gasteiger charge is 2.43. The molecule has 4 heteroatoms. The van der Waals surface area contributed by atoms with Crippen LogP contribution in [-0.2, 0) is 0 Å². The van der Waals surface area contributed by atoms with Crippen LogP contribution in [-0.4, -0.2) is 61.1 Å². The summed E-state index contributed by atoms with van der Waals surface area (Å²) >= 11 is 0. The Kier molecular flexibility index (Phi) is 10.2. The van der Waals surface area contributed by atoms with Crippen LogP contribution in [0.5, 0.6) is 0 Å². The summed E-state index contributed by atoms with van der Waals surface area (Å²) in [4.78, 5) is 2.22. The van der Waals surface area contributed by atoms with E-state index in [1.807, 2.05) is 6.08 Å². The number of allylic oxidation sites excluding steroid dienone is 1. The molecule has 1 saturated carbocycles. The van der Waals surface area contributed by atoms with E-state index in [0.717, 1.165) is 38.9 Å². The van der Waals surface area contributed by atoms with Gasteiger partial charge in [-0.15, -0.1) is 0 Å². The molecule has 2 rings (SSSR count). The number of unbranched alkanes of at least 4 members (excludes halogenated alkanes) is 1. The molecule has 2 aliphatic carbocycles. The van der Waals surface area contributed by atoms with Crippen LogP contribution in [0.4, 0.5) is 0 Å². The molecule has 162 valence electrons. The molecule has 2 aliphatic rings. The summed E-state index contributed by atoms with van der Waals surface area (Å²) in [6.07, 6.45) is 13.4. The zero-order chi connectivity index (χ0) is 20.5. The van der Waals surface area contributed by atoms with E-state index in [4.69, 9.17) is 0 Å². The molecule has 0 radical (unpaired) electrons. The third kappa shape index (κ3) is 7.62. The summed E-state index contributed by atoms with van der Waals surface area (Å²) in [6, 6.07) is 0. The highest BCUT2D eigenvalue weighted by Crippen LogP contribution is 2.47. The number of aliphatic hydroxyl groups excluding tert-OH is 2. The van der Waals surface area contributed by atoms with Gasteiger partial charge in [-0.2, -0.15) is 0 Å². The van der Waals surface area contributed by atoms with Gasteiger partial charge in [-0.05, 0) is 70.6 Å². The average molecular weight is 393 g/mol. The number of nitrogens with one attached hydrogen (secondary N) is 1. The molecule has 4 nitrogen and oxygen atoms in total. The second-order valence-corrected chi connectivity index (χ2v) is 9.51. The van der Waals surface area contributed by atoms with Crippen molar-refractivity contribution in [3.8, 4) is 0 Å². The van der Waals surface area contributed by atoms with Crippen LogP contribution in [0.2, 0.25) is 0 Å². The minimum Gasteiger partial charge on any atom is -0.392 e. The van der Waals surface area contributed by atoms with E-state index in [0.29, 0.717) is 17.8 Å². The molecular formula is C24H44N2O2. The summed E-state index contributed by atoms with van der Waals surface area (Å²) in [5.41, 5.74) is 1.50. The van der Waals surface area contributed by atoms with Gasteiger partial charge in [0.15, 0.2) is 0 Å².